The summed E-state index contributed by atoms with van der Waals surface area (Å²) < 4.78 is 20.4. The number of aryl methyl sites for hydroxylation is 1. The molecule has 2 heterocycles. The van der Waals surface area contributed by atoms with Gasteiger partial charge in [-0.15, -0.1) is 0 Å². The molecule has 4 rings (SSSR count). The lowest BCUT2D eigenvalue weighted by atomic mass is 10.0. The van der Waals surface area contributed by atoms with E-state index in [9.17, 15) is 4.39 Å². The highest BCUT2D eigenvalue weighted by Crippen LogP contribution is 2.33. The molecule has 0 unspecified atom stereocenters. The SMILES string of the molecule is Cc1onc(-c2ccc(F)cc2)c1-c1cn(-c2cccc(C#N)c2)cn1. The fourth-order valence-corrected chi connectivity index (χ4v) is 2.81. The molecule has 0 bridgehead atoms. The molecule has 0 amide bonds. The van der Waals surface area contributed by atoms with Crippen molar-refractivity contribution in [1.82, 2.24) is 14.7 Å². The third-order valence-corrected chi connectivity index (χ3v) is 4.09. The summed E-state index contributed by atoms with van der Waals surface area (Å²) in [5.74, 6) is 0.317. The van der Waals surface area contributed by atoms with Crippen molar-refractivity contribution in [2.75, 3.05) is 0 Å². The van der Waals surface area contributed by atoms with Crippen LogP contribution in [-0.4, -0.2) is 14.7 Å². The summed E-state index contributed by atoms with van der Waals surface area (Å²) in [6.45, 7) is 1.81. The quantitative estimate of drug-likeness (QED) is 0.548. The van der Waals surface area contributed by atoms with Crippen molar-refractivity contribution in [2.24, 2.45) is 0 Å². The summed E-state index contributed by atoms with van der Waals surface area (Å²) in [6, 6.07) is 15.5. The maximum Gasteiger partial charge on any atom is 0.143 e. The van der Waals surface area contributed by atoms with Gasteiger partial charge in [0.1, 0.15) is 17.3 Å². The molecule has 0 fully saturated rings. The lowest BCUT2D eigenvalue weighted by molar-refractivity contribution is 0.400. The Bertz CT molecular complexity index is 1120. The van der Waals surface area contributed by atoms with Crippen LogP contribution in [0.5, 0.6) is 0 Å². The molecule has 0 saturated heterocycles. The monoisotopic (exact) mass is 344 g/mol. The van der Waals surface area contributed by atoms with E-state index < -0.39 is 0 Å². The molecule has 0 atom stereocenters. The van der Waals surface area contributed by atoms with Crippen molar-refractivity contribution in [1.29, 1.82) is 5.26 Å². The van der Waals surface area contributed by atoms with Crippen LogP contribution in [0.4, 0.5) is 4.39 Å². The number of aromatic nitrogens is 3. The van der Waals surface area contributed by atoms with Gasteiger partial charge in [0.2, 0.25) is 0 Å². The molecule has 2 aromatic carbocycles. The Morgan fingerprint density at radius 3 is 2.73 bits per heavy atom. The van der Waals surface area contributed by atoms with Gasteiger partial charge in [0.15, 0.2) is 0 Å². The van der Waals surface area contributed by atoms with Crippen LogP contribution in [0.25, 0.3) is 28.2 Å². The van der Waals surface area contributed by atoms with Gasteiger partial charge >= 0.3 is 0 Å². The minimum absolute atomic E-state index is 0.308. The van der Waals surface area contributed by atoms with E-state index in [4.69, 9.17) is 9.78 Å². The maximum absolute atomic E-state index is 13.2. The van der Waals surface area contributed by atoms with Crippen LogP contribution in [-0.2, 0) is 0 Å². The Morgan fingerprint density at radius 2 is 1.96 bits per heavy atom. The van der Waals surface area contributed by atoms with Crippen LogP contribution in [0.1, 0.15) is 11.3 Å². The van der Waals surface area contributed by atoms with Gasteiger partial charge in [0, 0.05) is 17.4 Å². The van der Waals surface area contributed by atoms with Crippen LogP contribution in [0.3, 0.4) is 0 Å². The van der Waals surface area contributed by atoms with Crippen molar-refractivity contribution >= 4 is 0 Å². The first-order valence-corrected chi connectivity index (χ1v) is 7.93. The summed E-state index contributed by atoms with van der Waals surface area (Å²) in [6.07, 6.45) is 3.52. The molecular formula is C20H13FN4O. The van der Waals surface area contributed by atoms with E-state index in [1.165, 1.54) is 12.1 Å². The topological polar surface area (TPSA) is 67.6 Å². The highest BCUT2D eigenvalue weighted by atomic mass is 19.1. The zero-order valence-electron chi connectivity index (χ0n) is 13.8. The molecule has 0 N–H and O–H groups in total. The Morgan fingerprint density at radius 1 is 1.15 bits per heavy atom. The zero-order valence-corrected chi connectivity index (χ0v) is 13.8. The number of rotatable bonds is 3. The maximum atomic E-state index is 13.2. The Balaban J connectivity index is 1.78. The number of halogens is 1. The van der Waals surface area contributed by atoms with Crippen LogP contribution in [0.2, 0.25) is 0 Å². The number of nitriles is 1. The van der Waals surface area contributed by atoms with E-state index in [2.05, 4.69) is 16.2 Å². The van der Waals surface area contributed by atoms with Crippen molar-refractivity contribution in [3.05, 3.63) is 78.2 Å². The molecule has 6 heteroatoms. The summed E-state index contributed by atoms with van der Waals surface area (Å²) in [5.41, 5.74) is 4.21. The molecule has 0 aliphatic rings. The number of imidazole rings is 1. The van der Waals surface area contributed by atoms with E-state index in [-0.39, 0.29) is 5.82 Å². The van der Waals surface area contributed by atoms with Gasteiger partial charge in [-0.1, -0.05) is 11.2 Å². The van der Waals surface area contributed by atoms with Gasteiger partial charge in [-0.3, -0.25) is 0 Å². The van der Waals surface area contributed by atoms with Gasteiger partial charge in [0.05, 0.1) is 29.2 Å². The molecule has 4 aromatic rings. The van der Waals surface area contributed by atoms with Crippen LogP contribution in [0.15, 0.2) is 65.6 Å². The molecule has 0 spiro atoms. The number of hydrogen-bond donors (Lipinski definition) is 0. The minimum Gasteiger partial charge on any atom is -0.360 e. The third kappa shape index (κ3) is 2.76. The molecule has 2 aromatic heterocycles. The van der Waals surface area contributed by atoms with E-state index in [0.717, 1.165) is 16.8 Å². The van der Waals surface area contributed by atoms with Crippen LogP contribution >= 0.6 is 0 Å². The van der Waals surface area contributed by atoms with Gasteiger partial charge in [-0.05, 0) is 49.4 Å². The first-order chi connectivity index (χ1) is 12.7. The molecule has 26 heavy (non-hydrogen) atoms. The first-order valence-electron chi connectivity index (χ1n) is 7.93. The van der Waals surface area contributed by atoms with E-state index in [1.807, 2.05) is 29.8 Å². The Hall–Kier alpha value is -3.72. The fraction of sp³-hybridized carbons (Fsp3) is 0.0500. The summed E-state index contributed by atoms with van der Waals surface area (Å²) >= 11 is 0. The standard InChI is InChI=1S/C20H13FN4O/c1-13-19(20(24-26-13)15-5-7-16(21)8-6-15)18-11-25(12-23-18)17-4-2-3-14(9-17)10-22/h2-9,11-12H,1H3. The van der Waals surface area contributed by atoms with Gasteiger partial charge < -0.3 is 9.09 Å². The molecule has 0 aliphatic heterocycles. The average Bonchev–Trinajstić information content (AvgIpc) is 3.29. The highest BCUT2D eigenvalue weighted by molar-refractivity contribution is 5.80. The van der Waals surface area contributed by atoms with Crippen molar-refractivity contribution in [3.8, 4) is 34.3 Å². The van der Waals surface area contributed by atoms with E-state index >= 15 is 0 Å². The second-order valence-corrected chi connectivity index (χ2v) is 5.80. The van der Waals surface area contributed by atoms with Gasteiger partial charge in [-0.25, -0.2) is 9.37 Å². The highest BCUT2D eigenvalue weighted by Gasteiger charge is 2.19. The first kappa shape index (κ1) is 15.8. The van der Waals surface area contributed by atoms with E-state index in [1.54, 1.807) is 30.6 Å². The second-order valence-electron chi connectivity index (χ2n) is 5.80. The predicted molar refractivity (Wildman–Crippen MR) is 93.9 cm³/mol. The Labute approximate surface area is 148 Å². The Kier molecular flexibility index (Phi) is 3.82. The number of hydrogen-bond acceptors (Lipinski definition) is 4. The van der Waals surface area contributed by atoms with Gasteiger partial charge in [-0.2, -0.15) is 5.26 Å². The molecule has 5 nitrogen and oxygen atoms in total. The summed E-state index contributed by atoms with van der Waals surface area (Å²) in [5, 5.41) is 13.2. The summed E-state index contributed by atoms with van der Waals surface area (Å²) in [7, 11) is 0. The van der Waals surface area contributed by atoms with Crippen molar-refractivity contribution < 1.29 is 8.91 Å². The van der Waals surface area contributed by atoms with Crippen LogP contribution < -0.4 is 0 Å². The third-order valence-electron chi connectivity index (χ3n) is 4.09. The average molecular weight is 344 g/mol. The number of benzene rings is 2. The smallest absolute Gasteiger partial charge is 0.143 e. The molecule has 126 valence electrons. The second kappa shape index (κ2) is 6.30. The van der Waals surface area contributed by atoms with Crippen molar-refractivity contribution in [2.45, 2.75) is 6.92 Å². The van der Waals surface area contributed by atoms with Gasteiger partial charge in [0.25, 0.3) is 0 Å². The summed E-state index contributed by atoms with van der Waals surface area (Å²) in [4.78, 5) is 4.46. The van der Waals surface area contributed by atoms with Crippen molar-refractivity contribution in [3.63, 3.8) is 0 Å². The van der Waals surface area contributed by atoms with E-state index in [0.29, 0.717) is 22.7 Å². The molecular weight excluding hydrogens is 331 g/mol. The molecule has 0 radical (unpaired) electrons. The fourth-order valence-electron chi connectivity index (χ4n) is 2.81. The largest absolute Gasteiger partial charge is 0.360 e. The zero-order chi connectivity index (χ0) is 18.1. The predicted octanol–water partition coefficient (Wildman–Crippen LogP) is 4.51. The van der Waals surface area contributed by atoms with Crippen LogP contribution in [0, 0.1) is 24.1 Å². The normalized spacial score (nSPS) is 10.7. The minimum atomic E-state index is -0.308. The lowest BCUT2D eigenvalue weighted by Gasteiger charge is -2.02. The molecule has 0 saturated carbocycles. The number of nitrogens with zero attached hydrogens (tertiary/aromatic N) is 4. The lowest BCUT2D eigenvalue weighted by Crippen LogP contribution is -1.90. The molecule has 0 aliphatic carbocycles.